The summed E-state index contributed by atoms with van der Waals surface area (Å²) in [6.45, 7) is 6.73. The summed E-state index contributed by atoms with van der Waals surface area (Å²) in [7, 11) is 0. The molecule has 0 radical (unpaired) electrons. The van der Waals surface area contributed by atoms with Gasteiger partial charge in [-0.3, -0.25) is 4.90 Å². The van der Waals surface area contributed by atoms with E-state index >= 15 is 0 Å². The average Bonchev–Trinajstić information content (AvgIpc) is 3.15. The Morgan fingerprint density at radius 3 is 2.60 bits per heavy atom. The van der Waals surface area contributed by atoms with Gasteiger partial charge >= 0.3 is 0 Å². The van der Waals surface area contributed by atoms with Gasteiger partial charge in [0, 0.05) is 18.0 Å². The second-order valence-corrected chi connectivity index (χ2v) is 8.81. The highest BCUT2D eigenvalue weighted by atomic mass is 32.1. The molecule has 3 aromatic rings. The molecule has 0 amide bonds. The molecule has 0 atom stereocenters. The van der Waals surface area contributed by atoms with Gasteiger partial charge in [-0.2, -0.15) is 4.98 Å². The number of morpholine rings is 1. The van der Waals surface area contributed by atoms with Crippen LogP contribution in [0.2, 0.25) is 0 Å². The van der Waals surface area contributed by atoms with E-state index in [1.807, 2.05) is 42.5 Å². The third kappa shape index (κ3) is 4.15. The van der Waals surface area contributed by atoms with Crippen LogP contribution >= 0.6 is 11.3 Å². The number of fused-ring (bicyclic) bond motifs is 3. The fourth-order valence-electron chi connectivity index (χ4n) is 4.15. The van der Waals surface area contributed by atoms with Crippen LogP contribution in [0.1, 0.15) is 36.0 Å². The summed E-state index contributed by atoms with van der Waals surface area (Å²) in [6.07, 6.45) is 4.69. The van der Waals surface area contributed by atoms with Crippen LogP contribution in [-0.4, -0.2) is 47.8 Å². The summed E-state index contributed by atoms with van der Waals surface area (Å²) in [5.41, 5.74) is 1.39. The number of benzene rings is 1. The number of aromatic nitrogens is 2. The molecule has 1 fully saturated rings. The highest BCUT2D eigenvalue weighted by molar-refractivity contribution is 7.18. The molecule has 0 bridgehead atoms. The molecule has 0 unspecified atom stereocenters. The zero-order valence-electron chi connectivity index (χ0n) is 17.4. The first kappa shape index (κ1) is 19.7. The van der Waals surface area contributed by atoms with Crippen LogP contribution in [0.5, 0.6) is 17.4 Å². The summed E-state index contributed by atoms with van der Waals surface area (Å²) in [5, 5.41) is 1.11. The van der Waals surface area contributed by atoms with Crippen molar-refractivity contribution < 1.29 is 14.2 Å². The first-order valence-corrected chi connectivity index (χ1v) is 11.6. The molecule has 30 heavy (non-hydrogen) atoms. The molecule has 0 spiro atoms. The molecule has 2 aliphatic rings. The van der Waals surface area contributed by atoms with Crippen molar-refractivity contribution in [3.8, 4) is 17.4 Å². The van der Waals surface area contributed by atoms with E-state index in [0.717, 1.165) is 73.2 Å². The maximum absolute atomic E-state index is 6.34. The molecule has 6 nitrogen and oxygen atoms in total. The second kappa shape index (κ2) is 8.88. The molecular weight excluding hydrogens is 398 g/mol. The Hall–Kier alpha value is -2.22. The minimum atomic E-state index is 0.651. The first-order chi connectivity index (χ1) is 14.8. The predicted molar refractivity (Wildman–Crippen MR) is 118 cm³/mol. The van der Waals surface area contributed by atoms with Crippen LogP contribution in [0.4, 0.5) is 0 Å². The second-order valence-electron chi connectivity index (χ2n) is 7.73. The van der Waals surface area contributed by atoms with Crippen molar-refractivity contribution in [2.24, 2.45) is 0 Å². The summed E-state index contributed by atoms with van der Waals surface area (Å²) < 4.78 is 17.4. The quantitative estimate of drug-likeness (QED) is 0.576. The Morgan fingerprint density at radius 1 is 1.03 bits per heavy atom. The van der Waals surface area contributed by atoms with Crippen LogP contribution < -0.4 is 9.47 Å². The van der Waals surface area contributed by atoms with Crippen molar-refractivity contribution in [1.82, 2.24) is 14.9 Å². The molecule has 5 rings (SSSR count). The van der Waals surface area contributed by atoms with Crippen molar-refractivity contribution in [1.29, 1.82) is 0 Å². The fourth-order valence-corrected chi connectivity index (χ4v) is 5.42. The fraction of sp³-hybridized carbons (Fsp3) is 0.478. The van der Waals surface area contributed by atoms with E-state index in [1.165, 1.54) is 23.3 Å². The largest absolute Gasteiger partial charge is 0.494 e. The lowest BCUT2D eigenvalue weighted by atomic mass is 9.97. The van der Waals surface area contributed by atoms with Gasteiger partial charge in [-0.1, -0.05) is 0 Å². The molecule has 3 heterocycles. The topological polar surface area (TPSA) is 56.7 Å². The van der Waals surface area contributed by atoms with Crippen molar-refractivity contribution in [2.45, 2.75) is 39.2 Å². The van der Waals surface area contributed by atoms with E-state index in [-0.39, 0.29) is 0 Å². The molecule has 2 aromatic heterocycles. The Balaban J connectivity index is 1.50. The van der Waals surface area contributed by atoms with Gasteiger partial charge in [0.05, 0.1) is 31.8 Å². The molecule has 0 saturated carbocycles. The van der Waals surface area contributed by atoms with Crippen molar-refractivity contribution in [2.75, 3.05) is 32.9 Å². The van der Waals surface area contributed by atoms with Gasteiger partial charge in [0.25, 0.3) is 0 Å². The lowest BCUT2D eigenvalue weighted by Gasteiger charge is -2.25. The molecule has 158 valence electrons. The van der Waals surface area contributed by atoms with Gasteiger partial charge in [-0.25, -0.2) is 4.98 Å². The number of aryl methyl sites for hydroxylation is 2. The molecule has 1 aromatic carbocycles. The summed E-state index contributed by atoms with van der Waals surface area (Å²) in [5.74, 6) is 3.13. The summed E-state index contributed by atoms with van der Waals surface area (Å²) in [4.78, 5) is 14.7. The normalized spacial score (nSPS) is 17.1. The zero-order chi connectivity index (χ0) is 20.3. The summed E-state index contributed by atoms with van der Waals surface area (Å²) >= 11 is 1.82. The Labute approximate surface area is 180 Å². The van der Waals surface area contributed by atoms with Gasteiger partial charge in [0.1, 0.15) is 22.2 Å². The highest BCUT2D eigenvalue weighted by Crippen LogP contribution is 2.41. The van der Waals surface area contributed by atoms with Gasteiger partial charge in [-0.15, -0.1) is 11.3 Å². The Bertz CT molecular complexity index is 1010. The average molecular weight is 426 g/mol. The van der Waals surface area contributed by atoms with Crippen LogP contribution in [0.3, 0.4) is 0 Å². The van der Waals surface area contributed by atoms with Crippen molar-refractivity contribution in [3.63, 3.8) is 0 Å². The molecule has 1 aliphatic heterocycles. The first-order valence-electron chi connectivity index (χ1n) is 10.8. The van der Waals surface area contributed by atoms with E-state index < -0.39 is 0 Å². The number of hydrogen-bond acceptors (Lipinski definition) is 7. The van der Waals surface area contributed by atoms with Crippen LogP contribution in [0.15, 0.2) is 24.3 Å². The van der Waals surface area contributed by atoms with Gasteiger partial charge in [0.15, 0.2) is 0 Å². The third-order valence-corrected chi connectivity index (χ3v) is 6.83. The lowest BCUT2D eigenvalue weighted by Crippen LogP contribution is -2.36. The number of hydrogen-bond donors (Lipinski definition) is 0. The summed E-state index contributed by atoms with van der Waals surface area (Å²) in [6, 6.07) is 7.77. The number of ether oxygens (including phenoxy) is 3. The minimum Gasteiger partial charge on any atom is -0.494 e. The molecule has 1 aliphatic carbocycles. The molecule has 7 heteroatoms. The predicted octanol–water partition coefficient (Wildman–Crippen LogP) is 4.59. The molecular formula is C23H27N3O3S. The van der Waals surface area contributed by atoms with E-state index in [4.69, 9.17) is 24.2 Å². The monoisotopic (exact) mass is 425 g/mol. The zero-order valence-corrected chi connectivity index (χ0v) is 18.2. The van der Waals surface area contributed by atoms with E-state index in [2.05, 4.69) is 4.90 Å². The van der Waals surface area contributed by atoms with Crippen molar-refractivity contribution in [3.05, 3.63) is 40.5 Å². The van der Waals surface area contributed by atoms with Crippen LogP contribution in [-0.2, 0) is 24.1 Å². The van der Waals surface area contributed by atoms with E-state index in [1.54, 1.807) is 0 Å². The Kier molecular flexibility index (Phi) is 5.84. The SMILES string of the molecule is CCOc1ccc(Oc2nc(CN3CCOCC3)nc3sc4c(c23)CCCC4)cc1. The standard InChI is InChI=1S/C23H27N3O3S/c1-2-28-16-7-9-17(10-8-16)29-22-21-18-5-3-4-6-19(18)30-23(21)25-20(24-22)15-26-11-13-27-14-12-26/h7-10H,2-6,11-15H2,1H3. The van der Waals surface area contributed by atoms with Gasteiger partial charge in [-0.05, 0) is 62.4 Å². The number of thiophene rings is 1. The lowest BCUT2D eigenvalue weighted by molar-refractivity contribution is 0.0330. The van der Waals surface area contributed by atoms with E-state index in [9.17, 15) is 0 Å². The Morgan fingerprint density at radius 2 is 1.80 bits per heavy atom. The van der Waals surface area contributed by atoms with Crippen molar-refractivity contribution >= 4 is 21.6 Å². The van der Waals surface area contributed by atoms with Crippen LogP contribution in [0.25, 0.3) is 10.2 Å². The number of nitrogens with zero attached hydrogens (tertiary/aromatic N) is 3. The molecule has 0 N–H and O–H groups in total. The highest BCUT2D eigenvalue weighted by Gasteiger charge is 2.23. The third-order valence-electron chi connectivity index (χ3n) is 5.65. The van der Waals surface area contributed by atoms with Gasteiger partial charge in [0.2, 0.25) is 5.88 Å². The maximum atomic E-state index is 6.34. The minimum absolute atomic E-state index is 0.651. The smallest absolute Gasteiger partial charge is 0.231 e. The number of rotatable bonds is 6. The molecule has 1 saturated heterocycles. The maximum Gasteiger partial charge on any atom is 0.231 e. The van der Waals surface area contributed by atoms with Crippen LogP contribution in [0, 0.1) is 0 Å². The van der Waals surface area contributed by atoms with Gasteiger partial charge < -0.3 is 14.2 Å². The van der Waals surface area contributed by atoms with E-state index in [0.29, 0.717) is 12.5 Å².